The van der Waals surface area contributed by atoms with Crippen LogP contribution in [0.4, 0.5) is 5.69 Å². The first kappa shape index (κ1) is 18.8. The number of thioether (sulfide) groups is 1. The van der Waals surface area contributed by atoms with Crippen LogP contribution in [0.3, 0.4) is 0 Å². The van der Waals surface area contributed by atoms with E-state index in [1.165, 1.54) is 11.8 Å². The van der Waals surface area contributed by atoms with E-state index in [9.17, 15) is 18.0 Å². The number of hydrogen-bond donors (Lipinski definition) is 1. The molecule has 2 heterocycles. The fourth-order valence-electron chi connectivity index (χ4n) is 2.58. The summed E-state index contributed by atoms with van der Waals surface area (Å²) in [5.41, 5.74) is 0.515. The summed E-state index contributed by atoms with van der Waals surface area (Å²) in [6, 6.07) is 5.01. The Kier molecular flexibility index (Phi) is 5.92. The molecule has 0 unspecified atom stereocenters. The van der Waals surface area contributed by atoms with E-state index in [1.807, 2.05) is 0 Å². The van der Waals surface area contributed by atoms with E-state index in [4.69, 9.17) is 14.2 Å². The summed E-state index contributed by atoms with van der Waals surface area (Å²) in [7, 11) is -2.97. The van der Waals surface area contributed by atoms with Gasteiger partial charge in [-0.25, -0.2) is 8.42 Å². The fraction of sp³-hybridized carbons (Fsp3) is 0.500. The number of amides is 1. The van der Waals surface area contributed by atoms with Gasteiger partial charge in [0.05, 0.1) is 17.3 Å². The molecule has 1 saturated heterocycles. The van der Waals surface area contributed by atoms with Crippen LogP contribution in [0.25, 0.3) is 0 Å². The summed E-state index contributed by atoms with van der Waals surface area (Å²) >= 11 is 1.25. The molecule has 26 heavy (non-hydrogen) atoms. The first-order chi connectivity index (χ1) is 12.4. The average molecular weight is 401 g/mol. The highest BCUT2D eigenvalue weighted by Gasteiger charge is 2.28. The predicted molar refractivity (Wildman–Crippen MR) is 96.5 cm³/mol. The quantitative estimate of drug-likeness (QED) is 0.700. The number of benzene rings is 1. The Balaban J connectivity index is 1.39. The standard InChI is InChI=1S/C16H19NO7S2/c18-15(17-11-1-2-13-14(7-11)23-5-4-22-13)8-24-16(19)9-25-12-3-6-26(20,21)10-12/h1-2,7,12H,3-6,8-10H2,(H,17,18)/t12-/m0/s1. The number of fused-ring (bicyclic) bond motifs is 1. The zero-order valence-corrected chi connectivity index (χ0v) is 15.6. The lowest BCUT2D eigenvalue weighted by Crippen LogP contribution is -2.22. The zero-order valence-electron chi connectivity index (χ0n) is 13.9. The van der Waals surface area contributed by atoms with Crippen molar-refractivity contribution in [3.8, 4) is 11.5 Å². The van der Waals surface area contributed by atoms with Crippen molar-refractivity contribution in [2.24, 2.45) is 0 Å². The number of anilines is 1. The lowest BCUT2D eigenvalue weighted by atomic mass is 10.2. The molecule has 1 fully saturated rings. The lowest BCUT2D eigenvalue weighted by molar-refractivity contribution is -0.144. The summed E-state index contributed by atoms with van der Waals surface area (Å²) in [5.74, 6) is 0.436. The van der Waals surface area contributed by atoms with Crippen molar-refractivity contribution in [2.75, 3.05) is 42.4 Å². The number of ether oxygens (including phenoxy) is 3. The van der Waals surface area contributed by atoms with Crippen LogP contribution >= 0.6 is 11.8 Å². The molecule has 0 saturated carbocycles. The molecule has 0 aliphatic carbocycles. The molecule has 8 nitrogen and oxygen atoms in total. The number of nitrogens with one attached hydrogen (secondary N) is 1. The lowest BCUT2D eigenvalue weighted by Gasteiger charge is -2.19. The van der Waals surface area contributed by atoms with Gasteiger partial charge < -0.3 is 19.5 Å². The van der Waals surface area contributed by atoms with E-state index in [2.05, 4.69) is 5.32 Å². The van der Waals surface area contributed by atoms with Gasteiger partial charge in [-0.05, 0) is 18.6 Å². The Bertz CT molecular complexity index is 794. The summed E-state index contributed by atoms with van der Waals surface area (Å²) in [6.45, 7) is 0.526. The number of rotatable bonds is 6. The van der Waals surface area contributed by atoms with E-state index in [0.29, 0.717) is 36.8 Å². The van der Waals surface area contributed by atoms with Crippen molar-refractivity contribution in [3.63, 3.8) is 0 Å². The molecule has 2 aliphatic rings. The van der Waals surface area contributed by atoms with Crippen molar-refractivity contribution >= 4 is 39.2 Å². The van der Waals surface area contributed by atoms with Crippen LogP contribution in [-0.2, 0) is 24.2 Å². The van der Waals surface area contributed by atoms with Gasteiger partial charge in [0.25, 0.3) is 5.91 Å². The van der Waals surface area contributed by atoms with Crippen molar-refractivity contribution in [2.45, 2.75) is 11.7 Å². The summed E-state index contributed by atoms with van der Waals surface area (Å²) < 4.78 is 38.5. The SMILES string of the molecule is O=C(COC(=O)CS[C@H]1CCS(=O)(=O)C1)Nc1ccc2c(c1)OCCO2. The molecule has 142 valence electrons. The molecule has 1 N–H and O–H groups in total. The van der Waals surface area contributed by atoms with E-state index in [0.717, 1.165) is 0 Å². The molecule has 3 rings (SSSR count). The summed E-state index contributed by atoms with van der Waals surface area (Å²) in [5, 5.41) is 2.53. The van der Waals surface area contributed by atoms with Crippen molar-refractivity contribution in [1.29, 1.82) is 0 Å². The van der Waals surface area contributed by atoms with E-state index < -0.39 is 28.3 Å². The molecule has 1 aromatic rings. The van der Waals surface area contributed by atoms with Gasteiger partial charge in [-0.1, -0.05) is 0 Å². The largest absolute Gasteiger partial charge is 0.486 e. The summed E-state index contributed by atoms with van der Waals surface area (Å²) in [6.07, 6.45) is 0.547. The van der Waals surface area contributed by atoms with Crippen molar-refractivity contribution in [3.05, 3.63) is 18.2 Å². The molecule has 0 spiro atoms. The van der Waals surface area contributed by atoms with Crippen LogP contribution in [0.2, 0.25) is 0 Å². The third-order valence-corrected chi connectivity index (χ3v) is 7.07. The fourth-order valence-corrected chi connectivity index (χ4v) is 6.02. The van der Waals surface area contributed by atoms with Crippen LogP contribution in [0.15, 0.2) is 18.2 Å². The van der Waals surface area contributed by atoms with Gasteiger partial charge in [-0.2, -0.15) is 0 Å². The molecule has 0 radical (unpaired) electrons. The van der Waals surface area contributed by atoms with E-state index in [1.54, 1.807) is 18.2 Å². The smallest absolute Gasteiger partial charge is 0.316 e. The minimum atomic E-state index is -2.97. The van der Waals surface area contributed by atoms with Gasteiger partial charge in [0, 0.05) is 17.0 Å². The van der Waals surface area contributed by atoms with Gasteiger partial charge in [0.15, 0.2) is 27.9 Å². The molecule has 1 aromatic carbocycles. The highest BCUT2D eigenvalue weighted by Crippen LogP contribution is 2.32. The monoisotopic (exact) mass is 401 g/mol. The van der Waals surface area contributed by atoms with E-state index >= 15 is 0 Å². The second-order valence-corrected chi connectivity index (χ2v) is 9.42. The van der Waals surface area contributed by atoms with Gasteiger partial charge in [-0.15, -0.1) is 11.8 Å². The molecule has 1 atom stereocenters. The zero-order chi connectivity index (χ0) is 18.6. The highest BCUT2D eigenvalue weighted by molar-refractivity contribution is 8.02. The number of hydrogen-bond acceptors (Lipinski definition) is 8. The maximum Gasteiger partial charge on any atom is 0.316 e. The molecule has 1 amide bonds. The van der Waals surface area contributed by atoms with Crippen LogP contribution in [0.5, 0.6) is 11.5 Å². The molecule has 10 heteroatoms. The van der Waals surface area contributed by atoms with Gasteiger partial charge >= 0.3 is 5.97 Å². The Morgan fingerprint density at radius 2 is 2.00 bits per heavy atom. The maximum absolute atomic E-state index is 11.9. The normalized spacial score (nSPS) is 20.4. The minimum Gasteiger partial charge on any atom is -0.486 e. The van der Waals surface area contributed by atoms with Gasteiger partial charge in [-0.3, -0.25) is 9.59 Å². The average Bonchev–Trinajstić information content (AvgIpc) is 2.97. The molecular formula is C16H19NO7S2. The van der Waals surface area contributed by atoms with Crippen LogP contribution in [-0.4, -0.2) is 62.6 Å². The number of sulfone groups is 1. The third kappa shape index (κ3) is 5.28. The molecular weight excluding hydrogens is 382 g/mol. The van der Waals surface area contributed by atoms with E-state index in [-0.39, 0.29) is 22.5 Å². The Morgan fingerprint density at radius 3 is 2.73 bits per heavy atom. The van der Waals surface area contributed by atoms with Crippen LogP contribution in [0, 0.1) is 0 Å². The van der Waals surface area contributed by atoms with Crippen molar-refractivity contribution < 1.29 is 32.2 Å². The van der Waals surface area contributed by atoms with Gasteiger partial charge in [0.2, 0.25) is 0 Å². The number of esters is 1. The second-order valence-electron chi connectivity index (χ2n) is 5.90. The third-order valence-electron chi connectivity index (χ3n) is 3.82. The van der Waals surface area contributed by atoms with Crippen LogP contribution in [0.1, 0.15) is 6.42 Å². The maximum atomic E-state index is 11.9. The highest BCUT2D eigenvalue weighted by atomic mass is 32.2. The molecule has 0 bridgehead atoms. The Morgan fingerprint density at radius 1 is 1.23 bits per heavy atom. The number of carbonyl (C=O) groups excluding carboxylic acids is 2. The predicted octanol–water partition coefficient (Wildman–Crippen LogP) is 0.860. The minimum absolute atomic E-state index is 0.0253. The summed E-state index contributed by atoms with van der Waals surface area (Å²) in [4.78, 5) is 23.6. The second kappa shape index (κ2) is 8.17. The first-order valence-corrected chi connectivity index (χ1v) is 11.0. The topological polar surface area (TPSA) is 108 Å². The Labute approximate surface area is 155 Å². The van der Waals surface area contributed by atoms with Gasteiger partial charge in [0.1, 0.15) is 13.2 Å². The molecule has 0 aromatic heterocycles. The molecule has 2 aliphatic heterocycles. The van der Waals surface area contributed by atoms with Crippen molar-refractivity contribution in [1.82, 2.24) is 0 Å². The Hall–Kier alpha value is -1.94. The number of carbonyl (C=O) groups is 2. The first-order valence-electron chi connectivity index (χ1n) is 8.08. The van der Waals surface area contributed by atoms with Crippen LogP contribution < -0.4 is 14.8 Å².